The van der Waals surface area contributed by atoms with Gasteiger partial charge >= 0.3 is 5.97 Å². The summed E-state index contributed by atoms with van der Waals surface area (Å²) in [5.74, 6) is -4.80. The molecule has 0 aliphatic heterocycles. The maximum absolute atomic E-state index is 13.6. The third-order valence-corrected chi connectivity index (χ3v) is 2.91. The van der Waals surface area contributed by atoms with E-state index in [1.54, 1.807) is 18.2 Å². The normalized spacial score (nSPS) is 15.5. The molecular weight excluding hydrogens is 214 g/mol. The van der Waals surface area contributed by atoms with Gasteiger partial charge in [0.25, 0.3) is 5.92 Å². The molecule has 1 atom stereocenters. The summed E-state index contributed by atoms with van der Waals surface area (Å²) in [6.45, 7) is 2.11. The predicted molar refractivity (Wildman–Crippen MR) is 56.7 cm³/mol. The van der Waals surface area contributed by atoms with E-state index >= 15 is 0 Å². The molecule has 0 fully saturated rings. The quantitative estimate of drug-likeness (QED) is 0.859. The highest BCUT2D eigenvalue weighted by Gasteiger charge is 2.56. The van der Waals surface area contributed by atoms with Gasteiger partial charge in [-0.25, -0.2) is 8.78 Å². The number of carboxylic acid groups (broad SMARTS) is 1. The molecule has 1 N–H and O–H groups in total. The first-order valence-electron chi connectivity index (χ1n) is 5.03. The number of aliphatic carboxylic acids is 1. The maximum atomic E-state index is 13.6. The van der Waals surface area contributed by atoms with Crippen LogP contribution in [0.15, 0.2) is 30.3 Å². The van der Waals surface area contributed by atoms with E-state index in [1.807, 2.05) is 0 Å². The second kappa shape index (κ2) is 4.20. The smallest absolute Gasteiger partial charge is 0.320 e. The SMILES string of the molecule is CCC(C(=O)O)(c1ccccc1)C(C)(F)F. The van der Waals surface area contributed by atoms with Gasteiger partial charge in [-0.2, -0.15) is 0 Å². The molecule has 2 nitrogen and oxygen atoms in total. The van der Waals surface area contributed by atoms with Crippen molar-refractivity contribution in [2.45, 2.75) is 31.6 Å². The van der Waals surface area contributed by atoms with Crippen LogP contribution in [-0.2, 0) is 10.2 Å². The standard InChI is InChI=1S/C12H14F2O2/c1-3-12(10(15)16,11(2,13)14)9-7-5-4-6-8-9/h4-8H,3H2,1-2H3,(H,15,16). The van der Waals surface area contributed by atoms with Gasteiger partial charge in [-0.1, -0.05) is 37.3 Å². The Morgan fingerprint density at radius 1 is 1.31 bits per heavy atom. The lowest BCUT2D eigenvalue weighted by molar-refractivity contribution is -0.161. The molecular formula is C12H14F2O2. The van der Waals surface area contributed by atoms with Gasteiger partial charge in [-0.05, 0) is 12.0 Å². The van der Waals surface area contributed by atoms with Crippen LogP contribution >= 0.6 is 0 Å². The van der Waals surface area contributed by atoms with Gasteiger partial charge in [0, 0.05) is 6.92 Å². The minimum Gasteiger partial charge on any atom is -0.480 e. The largest absolute Gasteiger partial charge is 0.480 e. The molecule has 0 heterocycles. The summed E-state index contributed by atoms with van der Waals surface area (Å²) in [5.41, 5.74) is -2.01. The molecule has 1 unspecified atom stereocenters. The minimum absolute atomic E-state index is 0.137. The molecule has 88 valence electrons. The van der Waals surface area contributed by atoms with Crippen LogP contribution in [0, 0.1) is 0 Å². The molecule has 1 rings (SSSR count). The van der Waals surface area contributed by atoms with Crippen molar-refractivity contribution in [3.05, 3.63) is 35.9 Å². The molecule has 0 saturated heterocycles. The van der Waals surface area contributed by atoms with Crippen molar-refractivity contribution in [3.8, 4) is 0 Å². The second-order valence-electron chi connectivity index (χ2n) is 3.82. The molecule has 1 aromatic rings. The number of carboxylic acids is 1. The number of hydrogen-bond acceptors (Lipinski definition) is 1. The molecule has 0 bridgehead atoms. The molecule has 0 spiro atoms. The van der Waals surface area contributed by atoms with E-state index in [-0.39, 0.29) is 12.0 Å². The lowest BCUT2D eigenvalue weighted by Crippen LogP contribution is -2.49. The molecule has 4 heteroatoms. The summed E-state index contributed by atoms with van der Waals surface area (Å²) in [6, 6.07) is 7.65. The highest BCUT2D eigenvalue weighted by molar-refractivity contribution is 5.82. The fraction of sp³-hybridized carbons (Fsp3) is 0.417. The zero-order valence-corrected chi connectivity index (χ0v) is 9.21. The lowest BCUT2D eigenvalue weighted by atomic mass is 9.73. The molecule has 0 aromatic heterocycles. The van der Waals surface area contributed by atoms with Crippen LogP contribution in [0.25, 0.3) is 0 Å². The van der Waals surface area contributed by atoms with Crippen LogP contribution in [0.5, 0.6) is 0 Å². The Morgan fingerprint density at radius 3 is 2.12 bits per heavy atom. The minimum atomic E-state index is -3.31. The van der Waals surface area contributed by atoms with Gasteiger partial charge in [0.15, 0.2) is 5.41 Å². The Hall–Kier alpha value is -1.45. The molecule has 0 saturated carbocycles. The molecule has 1 aromatic carbocycles. The first-order chi connectivity index (χ1) is 7.36. The van der Waals surface area contributed by atoms with Crippen LogP contribution in [0.3, 0.4) is 0 Å². The third-order valence-electron chi connectivity index (χ3n) is 2.91. The van der Waals surface area contributed by atoms with E-state index in [0.717, 1.165) is 0 Å². The van der Waals surface area contributed by atoms with Crippen molar-refractivity contribution < 1.29 is 18.7 Å². The molecule has 16 heavy (non-hydrogen) atoms. The molecule has 0 aliphatic carbocycles. The summed E-state index contributed by atoms with van der Waals surface area (Å²) >= 11 is 0. The predicted octanol–water partition coefficient (Wildman–Crippen LogP) is 3.07. The van der Waals surface area contributed by atoms with E-state index in [4.69, 9.17) is 5.11 Å². The van der Waals surface area contributed by atoms with Crippen molar-refractivity contribution in [2.24, 2.45) is 0 Å². The van der Waals surface area contributed by atoms with Crippen molar-refractivity contribution in [2.75, 3.05) is 0 Å². The number of hydrogen-bond donors (Lipinski definition) is 1. The lowest BCUT2D eigenvalue weighted by Gasteiger charge is -2.34. The maximum Gasteiger partial charge on any atom is 0.320 e. The summed E-state index contributed by atoms with van der Waals surface area (Å²) in [5, 5.41) is 9.13. The van der Waals surface area contributed by atoms with Crippen LogP contribution in [0.2, 0.25) is 0 Å². The number of carbonyl (C=O) groups is 1. The topological polar surface area (TPSA) is 37.3 Å². The fourth-order valence-corrected chi connectivity index (χ4v) is 1.95. The average Bonchev–Trinajstić information content (AvgIpc) is 2.18. The van der Waals surface area contributed by atoms with Crippen molar-refractivity contribution >= 4 is 5.97 Å². The molecule has 0 aliphatic rings. The zero-order chi connectivity index (χ0) is 12.4. The van der Waals surface area contributed by atoms with Gasteiger partial charge in [0.2, 0.25) is 0 Å². The van der Waals surface area contributed by atoms with Crippen LogP contribution in [0.4, 0.5) is 8.78 Å². The van der Waals surface area contributed by atoms with Gasteiger partial charge in [-0.3, -0.25) is 4.79 Å². The number of halogens is 2. The van der Waals surface area contributed by atoms with Crippen molar-refractivity contribution in [3.63, 3.8) is 0 Å². The van der Waals surface area contributed by atoms with Crippen molar-refractivity contribution in [1.29, 1.82) is 0 Å². The average molecular weight is 228 g/mol. The fourth-order valence-electron chi connectivity index (χ4n) is 1.95. The Bertz CT molecular complexity index is 370. The number of benzene rings is 1. The first kappa shape index (κ1) is 12.6. The van der Waals surface area contributed by atoms with E-state index in [2.05, 4.69) is 0 Å². The highest BCUT2D eigenvalue weighted by atomic mass is 19.3. The number of rotatable bonds is 4. The van der Waals surface area contributed by atoms with Crippen LogP contribution in [0.1, 0.15) is 25.8 Å². The van der Waals surface area contributed by atoms with E-state index in [0.29, 0.717) is 6.92 Å². The van der Waals surface area contributed by atoms with Gasteiger partial charge < -0.3 is 5.11 Å². The van der Waals surface area contributed by atoms with Crippen LogP contribution < -0.4 is 0 Å². The Kier molecular flexibility index (Phi) is 3.31. The monoisotopic (exact) mass is 228 g/mol. The van der Waals surface area contributed by atoms with E-state index in [1.165, 1.54) is 19.1 Å². The Morgan fingerprint density at radius 2 is 1.81 bits per heavy atom. The summed E-state index contributed by atoms with van der Waals surface area (Å²) < 4.78 is 27.2. The Labute approximate surface area is 92.9 Å². The summed E-state index contributed by atoms with van der Waals surface area (Å²) in [4.78, 5) is 11.2. The van der Waals surface area contributed by atoms with Gasteiger partial charge in [0.1, 0.15) is 0 Å². The molecule has 0 amide bonds. The summed E-state index contributed by atoms with van der Waals surface area (Å²) in [7, 11) is 0. The van der Waals surface area contributed by atoms with Crippen LogP contribution in [-0.4, -0.2) is 17.0 Å². The zero-order valence-electron chi connectivity index (χ0n) is 9.21. The van der Waals surface area contributed by atoms with Crippen molar-refractivity contribution in [1.82, 2.24) is 0 Å². The highest BCUT2D eigenvalue weighted by Crippen LogP contribution is 2.42. The van der Waals surface area contributed by atoms with Gasteiger partial charge in [-0.15, -0.1) is 0 Å². The van der Waals surface area contributed by atoms with Gasteiger partial charge in [0.05, 0.1) is 0 Å². The van der Waals surface area contributed by atoms with E-state index < -0.39 is 17.3 Å². The third kappa shape index (κ3) is 1.79. The summed E-state index contributed by atoms with van der Waals surface area (Å²) in [6.07, 6.45) is -0.157. The second-order valence-corrected chi connectivity index (χ2v) is 3.82. The Balaban J connectivity index is 3.42. The first-order valence-corrected chi connectivity index (χ1v) is 5.03. The number of alkyl halides is 2. The molecule has 0 radical (unpaired) electrons. The van der Waals surface area contributed by atoms with E-state index in [9.17, 15) is 13.6 Å².